The molecule has 0 heteroatoms. The third-order valence-corrected chi connectivity index (χ3v) is 1.80. The lowest BCUT2D eigenvalue weighted by Gasteiger charge is -1.96. The second-order valence-corrected chi connectivity index (χ2v) is 2.78. The largest absolute Gasteiger partial charge is 0.0625 e. The molecule has 41 valence electrons. The fraction of sp³-hybridized carbons (Fsp3) is 0.857. The first-order chi connectivity index (χ1) is 3.29. The lowest BCUT2D eigenvalue weighted by Crippen LogP contribution is -1.85. The van der Waals surface area contributed by atoms with Gasteiger partial charge in [0.2, 0.25) is 0 Å². The number of hydrogen-bond donors (Lipinski definition) is 0. The van der Waals surface area contributed by atoms with Crippen LogP contribution in [0, 0.1) is 18.8 Å². The first-order valence-electron chi connectivity index (χ1n) is 3.12. The highest BCUT2D eigenvalue weighted by atomic mass is 14.2. The van der Waals surface area contributed by atoms with Crippen molar-refractivity contribution in [1.29, 1.82) is 0 Å². The maximum Gasteiger partial charge on any atom is -0.0412 e. The van der Waals surface area contributed by atoms with E-state index in [-0.39, 0.29) is 0 Å². The van der Waals surface area contributed by atoms with Gasteiger partial charge in [-0.05, 0) is 18.3 Å². The number of rotatable bonds is 0. The quantitative estimate of drug-likeness (QED) is 0.435. The van der Waals surface area contributed by atoms with Gasteiger partial charge in [0, 0.05) is 0 Å². The van der Waals surface area contributed by atoms with Crippen LogP contribution >= 0.6 is 0 Å². The molecule has 0 aromatic rings. The van der Waals surface area contributed by atoms with Crippen molar-refractivity contribution in [2.45, 2.75) is 26.2 Å². The summed E-state index contributed by atoms with van der Waals surface area (Å²) in [6.45, 7) is 6.30. The third-order valence-electron chi connectivity index (χ3n) is 1.80. The van der Waals surface area contributed by atoms with Gasteiger partial charge in [-0.3, -0.25) is 0 Å². The Balaban J connectivity index is 2.26. The Labute approximate surface area is 45.9 Å². The van der Waals surface area contributed by atoms with Crippen molar-refractivity contribution in [2.75, 3.05) is 0 Å². The molecule has 1 rings (SSSR count). The summed E-state index contributed by atoms with van der Waals surface area (Å²) in [4.78, 5) is 0. The molecule has 7 heavy (non-hydrogen) atoms. The predicted octanol–water partition coefficient (Wildman–Crippen LogP) is 2.26. The van der Waals surface area contributed by atoms with Gasteiger partial charge in [-0.15, -0.1) is 0 Å². The van der Waals surface area contributed by atoms with Crippen LogP contribution in [-0.4, -0.2) is 0 Å². The van der Waals surface area contributed by atoms with Gasteiger partial charge in [-0.25, -0.2) is 0 Å². The van der Waals surface area contributed by atoms with Crippen molar-refractivity contribution >= 4 is 0 Å². The summed E-state index contributed by atoms with van der Waals surface area (Å²) in [6.07, 6.45) is 4.13. The number of hydrogen-bond acceptors (Lipinski definition) is 0. The molecule has 0 amide bonds. The standard InChI is InChI=1S/C7H13/c1-6-3-4-7(2)5-6/h6-7H,1,3-5H2,2H3. The van der Waals surface area contributed by atoms with Crippen LogP contribution in [0.25, 0.3) is 0 Å². The summed E-state index contributed by atoms with van der Waals surface area (Å²) in [7, 11) is 0. The highest BCUT2D eigenvalue weighted by molar-refractivity contribution is 4.73. The monoisotopic (exact) mass is 97.1 g/mol. The molecule has 0 saturated heterocycles. The van der Waals surface area contributed by atoms with Crippen LogP contribution in [0.15, 0.2) is 0 Å². The van der Waals surface area contributed by atoms with E-state index in [4.69, 9.17) is 0 Å². The zero-order valence-corrected chi connectivity index (χ0v) is 4.98. The van der Waals surface area contributed by atoms with E-state index in [1.165, 1.54) is 19.3 Å². The van der Waals surface area contributed by atoms with Gasteiger partial charge in [0.1, 0.15) is 0 Å². The van der Waals surface area contributed by atoms with E-state index >= 15 is 0 Å². The molecule has 0 nitrogen and oxygen atoms in total. The molecule has 2 atom stereocenters. The highest BCUT2D eigenvalue weighted by Crippen LogP contribution is 2.28. The Morgan fingerprint density at radius 3 is 2.29 bits per heavy atom. The van der Waals surface area contributed by atoms with E-state index in [1.54, 1.807) is 0 Å². The average molecular weight is 97.2 g/mol. The summed E-state index contributed by atoms with van der Waals surface area (Å²) in [5.74, 6) is 1.73. The average Bonchev–Trinajstić information content (AvgIpc) is 1.87. The smallest absolute Gasteiger partial charge is 0.0412 e. The zero-order chi connectivity index (χ0) is 5.28. The summed E-state index contributed by atoms with van der Waals surface area (Å²) >= 11 is 0. The van der Waals surface area contributed by atoms with Crippen molar-refractivity contribution < 1.29 is 0 Å². The van der Waals surface area contributed by atoms with E-state index in [9.17, 15) is 0 Å². The van der Waals surface area contributed by atoms with Crippen molar-refractivity contribution in [3.63, 3.8) is 0 Å². The maximum atomic E-state index is 3.99. The summed E-state index contributed by atoms with van der Waals surface area (Å²) < 4.78 is 0. The van der Waals surface area contributed by atoms with E-state index in [0.717, 1.165) is 11.8 Å². The summed E-state index contributed by atoms with van der Waals surface area (Å²) in [5, 5.41) is 0. The molecule has 1 aliphatic carbocycles. The van der Waals surface area contributed by atoms with Gasteiger partial charge in [0.15, 0.2) is 0 Å². The fourth-order valence-electron chi connectivity index (χ4n) is 1.32. The molecular formula is C7H13. The normalized spacial score (nSPS) is 42.0. The van der Waals surface area contributed by atoms with Crippen molar-refractivity contribution in [3.05, 3.63) is 6.92 Å². The molecule has 0 aromatic carbocycles. The molecule has 2 unspecified atom stereocenters. The lowest BCUT2D eigenvalue weighted by molar-refractivity contribution is 0.584. The van der Waals surface area contributed by atoms with Gasteiger partial charge in [-0.1, -0.05) is 26.7 Å². The summed E-state index contributed by atoms with van der Waals surface area (Å²) in [6, 6.07) is 0. The van der Waals surface area contributed by atoms with Gasteiger partial charge >= 0.3 is 0 Å². The first kappa shape index (κ1) is 5.14. The van der Waals surface area contributed by atoms with Crippen LogP contribution in [0.2, 0.25) is 0 Å². The van der Waals surface area contributed by atoms with Crippen LogP contribution in [0.1, 0.15) is 26.2 Å². The lowest BCUT2D eigenvalue weighted by atomic mass is 10.1. The molecule has 0 spiro atoms. The van der Waals surface area contributed by atoms with Gasteiger partial charge < -0.3 is 0 Å². The van der Waals surface area contributed by atoms with Crippen LogP contribution in [0.5, 0.6) is 0 Å². The molecule has 1 radical (unpaired) electrons. The Hall–Kier alpha value is 0. The van der Waals surface area contributed by atoms with Gasteiger partial charge in [-0.2, -0.15) is 0 Å². The van der Waals surface area contributed by atoms with Crippen molar-refractivity contribution in [3.8, 4) is 0 Å². The Morgan fingerprint density at radius 2 is 2.14 bits per heavy atom. The molecule has 1 fully saturated rings. The maximum absolute atomic E-state index is 3.99. The molecule has 0 aliphatic heterocycles. The molecule has 1 saturated carbocycles. The molecule has 1 aliphatic rings. The van der Waals surface area contributed by atoms with Crippen molar-refractivity contribution in [2.24, 2.45) is 11.8 Å². The minimum atomic E-state index is 0.773. The summed E-state index contributed by atoms with van der Waals surface area (Å²) in [5.41, 5.74) is 0. The van der Waals surface area contributed by atoms with Gasteiger partial charge in [0.05, 0.1) is 0 Å². The molecule has 0 bridgehead atoms. The molecular weight excluding hydrogens is 84.1 g/mol. The van der Waals surface area contributed by atoms with Crippen LogP contribution < -0.4 is 0 Å². The Kier molecular flexibility index (Phi) is 1.36. The van der Waals surface area contributed by atoms with E-state index in [0.29, 0.717) is 0 Å². The predicted molar refractivity (Wildman–Crippen MR) is 31.9 cm³/mol. The van der Waals surface area contributed by atoms with E-state index < -0.39 is 0 Å². The minimum Gasteiger partial charge on any atom is -0.0625 e. The van der Waals surface area contributed by atoms with Crippen LogP contribution in [0.3, 0.4) is 0 Å². The van der Waals surface area contributed by atoms with Gasteiger partial charge in [0.25, 0.3) is 0 Å². The SMILES string of the molecule is [CH2]C1CCC(C)C1. The molecule has 0 aromatic heterocycles. The van der Waals surface area contributed by atoms with Crippen LogP contribution in [0.4, 0.5) is 0 Å². The topological polar surface area (TPSA) is 0 Å². The molecule has 0 N–H and O–H groups in total. The van der Waals surface area contributed by atoms with E-state index in [1.807, 2.05) is 0 Å². The minimum absolute atomic E-state index is 0.773. The highest BCUT2D eigenvalue weighted by Gasteiger charge is 2.15. The molecule has 0 heterocycles. The Bertz CT molecular complexity index is 49.1. The van der Waals surface area contributed by atoms with Crippen molar-refractivity contribution in [1.82, 2.24) is 0 Å². The van der Waals surface area contributed by atoms with Crippen LogP contribution in [-0.2, 0) is 0 Å². The second kappa shape index (κ2) is 1.85. The first-order valence-corrected chi connectivity index (χ1v) is 3.12. The Morgan fingerprint density at radius 1 is 1.43 bits per heavy atom. The fourth-order valence-corrected chi connectivity index (χ4v) is 1.32. The zero-order valence-electron chi connectivity index (χ0n) is 4.98. The third kappa shape index (κ3) is 1.19. The van der Waals surface area contributed by atoms with E-state index in [2.05, 4.69) is 13.8 Å². The second-order valence-electron chi connectivity index (χ2n) is 2.78.